The first-order valence-corrected chi connectivity index (χ1v) is 11.7. The second kappa shape index (κ2) is 11.8. The smallest absolute Gasteiger partial charge is 0.307 e. The van der Waals surface area contributed by atoms with Crippen molar-refractivity contribution >= 4 is 29.2 Å². The van der Waals surface area contributed by atoms with Crippen LogP contribution in [0.25, 0.3) is 0 Å². The summed E-state index contributed by atoms with van der Waals surface area (Å²) in [5.41, 5.74) is 6.89. The molecule has 0 saturated carbocycles. The molecule has 4 rings (SSSR count). The molecule has 2 unspecified atom stereocenters. The molecular formula is C26H27ClF2N4O3. The van der Waals surface area contributed by atoms with Gasteiger partial charge in [-0.2, -0.15) is 0 Å². The molecule has 3 aromatic rings. The summed E-state index contributed by atoms with van der Waals surface area (Å²) in [5, 5.41) is 3.03. The summed E-state index contributed by atoms with van der Waals surface area (Å²) < 4.78 is 40.4. The Kier molecular flexibility index (Phi) is 8.82. The van der Waals surface area contributed by atoms with Crippen LogP contribution in [0, 0.1) is 0 Å². The number of amidine groups is 1. The lowest BCUT2D eigenvalue weighted by molar-refractivity contribution is -0.0787. The summed E-state index contributed by atoms with van der Waals surface area (Å²) >= 11 is 5.81. The van der Waals surface area contributed by atoms with E-state index < -0.39 is 30.6 Å². The fraction of sp³-hybridized carbons (Fsp3) is 0.269. The predicted molar refractivity (Wildman–Crippen MR) is 136 cm³/mol. The van der Waals surface area contributed by atoms with Gasteiger partial charge in [0.05, 0.1) is 5.02 Å². The number of nitrogens with two attached hydrogens (primary N) is 1. The van der Waals surface area contributed by atoms with Crippen molar-refractivity contribution in [3.63, 3.8) is 0 Å². The van der Waals surface area contributed by atoms with Crippen LogP contribution in [0.1, 0.15) is 54.5 Å². The Morgan fingerprint density at radius 1 is 1.19 bits per heavy atom. The summed E-state index contributed by atoms with van der Waals surface area (Å²) in [6.45, 7) is 4.88. The number of carbonyl (C=O) groups excluding carboxylic acids is 1. The maximum absolute atomic E-state index is 14.8. The number of carbonyl (C=O) groups is 1. The van der Waals surface area contributed by atoms with E-state index >= 15 is 0 Å². The fourth-order valence-electron chi connectivity index (χ4n) is 3.44. The minimum atomic E-state index is -3.35. The number of ether oxygens (including phenoxy) is 2. The number of nitrogens with zero attached hydrogens (tertiary/aromatic N) is 2. The number of benzene rings is 2. The van der Waals surface area contributed by atoms with Crippen molar-refractivity contribution in [2.24, 2.45) is 10.7 Å². The lowest BCUT2D eigenvalue weighted by Crippen LogP contribution is -2.39. The number of amides is 1. The monoisotopic (exact) mass is 516 g/mol. The van der Waals surface area contributed by atoms with Crippen LogP contribution in [0.15, 0.2) is 71.9 Å². The summed E-state index contributed by atoms with van der Waals surface area (Å²) in [6, 6.07) is 14.7. The molecule has 1 aromatic heterocycles. The van der Waals surface area contributed by atoms with E-state index in [0.29, 0.717) is 5.02 Å². The van der Waals surface area contributed by atoms with E-state index in [2.05, 4.69) is 15.3 Å². The summed E-state index contributed by atoms with van der Waals surface area (Å²) in [5.74, 6) is -3.70. The molecule has 0 saturated heterocycles. The number of halogens is 3. The van der Waals surface area contributed by atoms with Crippen LogP contribution in [0.2, 0.25) is 5.02 Å². The summed E-state index contributed by atoms with van der Waals surface area (Å²) in [4.78, 5) is 20.4. The number of rotatable bonds is 6. The van der Waals surface area contributed by atoms with E-state index in [0.717, 1.165) is 5.56 Å². The average Bonchev–Trinajstić information content (AvgIpc) is 2.88. The molecule has 0 radical (unpaired) electrons. The molecule has 0 fully saturated rings. The van der Waals surface area contributed by atoms with Crippen LogP contribution in [-0.4, -0.2) is 29.4 Å². The average molecular weight is 517 g/mol. The minimum absolute atomic E-state index is 0.0564. The molecule has 7 nitrogen and oxygen atoms in total. The molecule has 0 spiro atoms. The number of hydrogen-bond acceptors (Lipinski definition) is 6. The largest absolute Gasteiger partial charge is 0.486 e. The molecule has 2 heterocycles. The van der Waals surface area contributed by atoms with Gasteiger partial charge in [0.2, 0.25) is 0 Å². The first kappa shape index (κ1) is 26.9. The Hall–Kier alpha value is -3.72. The van der Waals surface area contributed by atoms with Gasteiger partial charge in [0, 0.05) is 17.4 Å². The number of alkyl halides is 2. The van der Waals surface area contributed by atoms with Crippen LogP contribution >= 0.6 is 11.6 Å². The van der Waals surface area contributed by atoms with E-state index in [-0.39, 0.29) is 28.7 Å². The van der Waals surface area contributed by atoms with Crippen molar-refractivity contribution in [3.8, 4) is 5.75 Å². The van der Waals surface area contributed by atoms with Crippen LogP contribution in [0.4, 0.5) is 14.5 Å². The SMILES string of the molecule is CC.CC(Oc1ccc(NC(=O)c2ccc(Cl)cn2)cc1C1N=C(N)OCC1(F)F)c1ccccc1. The van der Waals surface area contributed by atoms with Crippen LogP contribution in [0.5, 0.6) is 5.75 Å². The highest BCUT2D eigenvalue weighted by atomic mass is 35.5. The van der Waals surface area contributed by atoms with Crippen molar-refractivity contribution < 1.29 is 23.0 Å². The maximum Gasteiger partial charge on any atom is 0.307 e. The Balaban J connectivity index is 0.00000176. The van der Waals surface area contributed by atoms with Crippen LogP contribution in [0.3, 0.4) is 0 Å². The zero-order valence-electron chi connectivity index (χ0n) is 20.0. The molecule has 1 aliphatic heterocycles. The predicted octanol–water partition coefficient (Wildman–Crippen LogP) is 6.17. The second-order valence-electron chi connectivity index (χ2n) is 7.66. The molecule has 2 aromatic carbocycles. The third-order valence-electron chi connectivity index (χ3n) is 5.16. The molecule has 190 valence electrons. The van der Waals surface area contributed by atoms with E-state index in [1.54, 1.807) is 13.0 Å². The van der Waals surface area contributed by atoms with Gasteiger partial charge in [0.15, 0.2) is 12.6 Å². The number of anilines is 1. The molecule has 10 heteroatoms. The van der Waals surface area contributed by atoms with Crippen molar-refractivity contribution in [2.75, 3.05) is 11.9 Å². The van der Waals surface area contributed by atoms with E-state index in [4.69, 9.17) is 26.8 Å². The van der Waals surface area contributed by atoms with Gasteiger partial charge in [-0.1, -0.05) is 55.8 Å². The molecule has 1 amide bonds. The van der Waals surface area contributed by atoms with Gasteiger partial charge in [-0.3, -0.25) is 4.79 Å². The Labute approximate surface area is 213 Å². The lowest BCUT2D eigenvalue weighted by atomic mass is 9.98. The molecule has 0 bridgehead atoms. The minimum Gasteiger partial charge on any atom is -0.486 e. The van der Waals surface area contributed by atoms with Crippen molar-refractivity contribution in [1.82, 2.24) is 4.98 Å². The highest BCUT2D eigenvalue weighted by Gasteiger charge is 2.46. The summed E-state index contributed by atoms with van der Waals surface area (Å²) in [6.07, 6.45) is 0.901. The topological polar surface area (TPSA) is 98.8 Å². The number of nitrogens with one attached hydrogen (secondary N) is 1. The quantitative estimate of drug-likeness (QED) is 0.408. The molecular weight excluding hydrogens is 490 g/mol. The first-order valence-electron chi connectivity index (χ1n) is 11.4. The van der Waals surface area contributed by atoms with Gasteiger partial charge < -0.3 is 20.5 Å². The standard InChI is InChI=1S/C24H21ClF2N4O3.C2H6/c1-14(15-5-3-2-4-6-15)34-20-10-8-17(30-22(32)19-9-7-16(25)12-29-19)11-18(20)21-24(26,27)13-33-23(28)31-21;1-2/h2-12,14,21H,13H2,1H3,(H2,28,31)(H,30,32);1-2H3. The fourth-order valence-corrected chi connectivity index (χ4v) is 3.55. The number of pyridine rings is 1. The zero-order chi connectivity index (χ0) is 26.3. The van der Waals surface area contributed by atoms with Gasteiger partial charge >= 0.3 is 5.92 Å². The lowest BCUT2D eigenvalue weighted by Gasteiger charge is -2.30. The molecule has 1 aliphatic rings. The third kappa shape index (κ3) is 6.48. The van der Waals surface area contributed by atoms with E-state index in [9.17, 15) is 13.6 Å². The van der Waals surface area contributed by atoms with Crippen molar-refractivity contribution in [2.45, 2.75) is 38.8 Å². The second-order valence-corrected chi connectivity index (χ2v) is 8.10. The molecule has 3 N–H and O–H groups in total. The highest BCUT2D eigenvalue weighted by Crippen LogP contribution is 2.43. The zero-order valence-corrected chi connectivity index (χ0v) is 20.8. The van der Waals surface area contributed by atoms with E-state index in [1.165, 1.54) is 30.5 Å². The maximum atomic E-state index is 14.8. The molecule has 36 heavy (non-hydrogen) atoms. The van der Waals surface area contributed by atoms with Crippen molar-refractivity contribution in [3.05, 3.63) is 88.7 Å². The van der Waals surface area contributed by atoms with Gasteiger partial charge in [0.1, 0.15) is 17.5 Å². The molecule has 0 aliphatic carbocycles. The van der Waals surface area contributed by atoms with Gasteiger partial charge in [-0.25, -0.2) is 18.8 Å². The normalized spacial score (nSPS) is 16.9. The van der Waals surface area contributed by atoms with E-state index in [1.807, 2.05) is 44.2 Å². The number of hydrogen-bond donors (Lipinski definition) is 2. The van der Waals surface area contributed by atoms with Gasteiger partial charge in [0.25, 0.3) is 11.9 Å². The van der Waals surface area contributed by atoms with Gasteiger partial charge in [-0.15, -0.1) is 0 Å². The Bertz CT molecular complexity index is 1210. The summed E-state index contributed by atoms with van der Waals surface area (Å²) in [7, 11) is 0. The number of aromatic nitrogens is 1. The van der Waals surface area contributed by atoms with Crippen LogP contribution in [-0.2, 0) is 4.74 Å². The van der Waals surface area contributed by atoms with Crippen molar-refractivity contribution in [1.29, 1.82) is 0 Å². The Morgan fingerprint density at radius 2 is 1.92 bits per heavy atom. The van der Waals surface area contributed by atoms with Gasteiger partial charge in [-0.05, 0) is 42.8 Å². The Morgan fingerprint density at radius 3 is 2.58 bits per heavy atom. The molecule has 2 atom stereocenters. The third-order valence-corrected chi connectivity index (χ3v) is 5.39. The number of aliphatic imine (C=N–C) groups is 1. The highest BCUT2D eigenvalue weighted by molar-refractivity contribution is 6.30. The first-order chi connectivity index (χ1) is 17.2. The van der Waals surface area contributed by atoms with Crippen LogP contribution < -0.4 is 15.8 Å².